The lowest BCUT2D eigenvalue weighted by Crippen LogP contribution is -2.19. The van der Waals surface area contributed by atoms with Gasteiger partial charge in [-0.1, -0.05) is 12.1 Å². The summed E-state index contributed by atoms with van der Waals surface area (Å²) in [4.78, 5) is 0. The van der Waals surface area contributed by atoms with E-state index in [-0.39, 0.29) is 12.1 Å². The molecule has 2 aromatic rings. The molecule has 0 saturated heterocycles. The van der Waals surface area contributed by atoms with Gasteiger partial charge < -0.3 is 14.5 Å². The Hall–Kier alpha value is -1.90. The van der Waals surface area contributed by atoms with Gasteiger partial charge in [0.2, 0.25) is 0 Å². The highest BCUT2D eigenvalue weighted by atomic mass is 16.5. The fourth-order valence-corrected chi connectivity index (χ4v) is 1.99. The molecule has 1 N–H and O–H groups in total. The standard InChI is InChI=1S/C16H21NO2/c1-12(2)19-16-9-5-4-8-15(16)17-13(3)11-14-7-6-10-18-14/h4-10,12-13,17H,11H2,1-3H3. The maximum atomic E-state index is 5.80. The first-order valence-electron chi connectivity index (χ1n) is 6.69. The molecule has 0 bridgehead atoms. The van der Waals surface area contributed by atoms with E-state index >= 15 is 0 Å². The summed E-state index contributed by atoms with van der Waals surface area (Å²) in [6.07, 6.45) is 2.73. The molecule has 3 heteroatoms. The van der Waals surface area contributed by atoms with Crippen molar-refractivity contribution in [2.24, 2.45) is 0 Å². The van der Waals surface area contributed by atoms with E-state index in [9.17, 15) is 0 Å². The van der Waals surface area contributed by atoms with Gasteiger partial charge in [0, 0.05) is 12.5 Å². The maximum absolute atomic E-state index is 5.80. The third-order valence-electron chi connectivity index (χ3n) is 2.74. The predicted molar refractivity (Wildman–Crippen MR) is 77.7 cm³/mol. The van der Waals surface area contributed by atoms with Gasteiger partial charge in [0.25, 0.3) is 0 Å². The average molecular weight is 259 g/mol. The Bertz CT molecular complexity index is 491. The van der Waals surface area contributed by atoms with Crippen molar-refractivity contribution in [3.8, 4) is 5.75 Å². The molecule has 0 spiro atoms. The Balaban J connectivity index is 2.01. The number of para-hydroxylation sites is 2. The van der Waals surface area contributed by atoms with E-state index in [1.807, 2.05) is 50.2 Å². The number of ether oxygens (including phenoxy) is 1. The van der Waals surface area contributed by atoms with Crippen LogP contribution in [-0.2, 0) is 6.42 Å². The van der Waals surface area contributed by atoms with E-state index in [4.69, 9.17) is 9.15 Å². The highest BCUT2D eigenvalue weighted by Crippen LogP contribution is 2.26. The quantitative estimate of drug-likeness (QED) is 0.847. The Morgan fingerprint density at radius 2 is 1.89 bits per heavy atom. The van der Waals surface area contributed by atoms with Crippen LogP contribution in [0.15, 0.2) is 47.1 Å². The summed E-state index contributed by atoms with van der Waals surface area (Å²) < 4.78 is 11.2. The molecule has 0 radical (unpaired) electrons. The Labute approximate surface area is 114 Å². The molecule has 3 nitrogen and oxygen atoms in total. The third-order valence-corrected chi connectivity index (χ3v) is 2.74. The van der Waals surface area contributed by atoms with Gasteiger partial charge in [-0.05, 0) is 45.0 Å². The summed E-state index contributed by atoms with van der Waals surface area (Å²) in [6.45, 7) is 6.20. The van der Waals surface area contributed by atoms with Crippen molar-refractivity contribution in [3.05, 3.63) is 48.4 Å². The predicted octanol–water partition coefficient (Wildman–Crippen LogP) is 4.11. The molecule has 0 aliphatic carbocycles. The van der Waals surface area contributed by atoms with Crippen LogP contribution in [0.2, 0.25) is 0 Å². The van der Waals surface area contributed by atoms with Gasteiger partial charge in [-0.15, -0.1) is 0 Å². The van der Waals surface area contributed by atoms with Crippen molar-refractivity contribution in [2.45, 2.75) is 39.3 Å². The molecule has 1 atom stereocenters. The molecule has 102 valence electrons. The second-order valence-corrected chi connectivity index (χ2v) is 4.99. The first kappa shape index (κ1) is 13.5. The van der Waals surface area contributed by atoms with Crippen LogP contribution in [0.3, 0.4) is 0 Å². The second-order valence-electron chi connectivity index (χ2n) is 4.99. The van der Waals surface area contributed by atoms with Gasteiger partial charge in [-0.3, -0.25) is 0 Å². The smallest absolute Gasteiger partial charge is 0.142 e. The molecule has 19 heavy (non-hydrogen) atoms. The van der Waals surface area contributed by atoms with Gasteiger partial charge in [-0.25, -0.2) is 0 Å². The van der Waals surface area contributed by atoms with E-state index in [1.54, 1.807) is 6.26 Å². The summed E-state index contributed by atoms with van der Waals surface area (Å²) in [5, 5.41) is 3.47. The minimum atomic E-state index is 0.170. The minimum absolute atomic E-state index is 0.170. The van der Waals surface area contributed by atoms with Crippen LogP contribution in [0.1, 0.15) is 26.5 Å². The lowest BCUT2D eigenvalue weighted by Gasteiger charge is -2.19. The summed E-state index contributed by atoms with van der Waals surface area (Å²) in [6, 6.07) is 12.2. The van der Waals surface area contributed by atoms with Crippen LogP contribution in [0.4, 0.5) is 5.69 Å². The summed E-state index contributed by atoms with van der Waals surface area (Å²) in [5.74, 6) is 1.88. The highest BCUT2D eigenvalue weighted by molar-refractivity contribution is 5.56. The van der Waals surface area contributed by atoms with Crippen LogP contribution in [0.5, 0.6) is 5.75 Å². The fourth-order valence-electron chi connectivity index (χ4n) is 1.99. The van der Waals surface area contributed by atoms with Gasteiger partial charge in [0.1, 0.15) is 11.5 Å². The molecular formula is C16H21NO2. The van der Waals surface area contributed by atoms with Gasteiger partial charge >= 0.3 is 0 Å². The van der Waals surface area contributed by atoms with Gasteiger partial charge in [0.05, 0.1) is 18.1 Å². The zero-order chi connectivity index (χ0) is 13.7. The van der Waals surface area contributed by atoms with E-state index in [1.165, 1.54) is 0 Å². The monoisotopic (exact) mass is 259 g/mol. The highest BCUT2D eigenvalue weighted by Gasteiger charge is 2.09. The van der Waals surface area contributed by atoms with E-state index in [0.29, 0.717) is 0 Å². The van der Waals surface area contributed by atoms with E-state index in [0.717, 1.165) is 23.6 Å². The molecule has 0 aliphatic rings. The summed E-state index contributed by atoms with van der Waals surface area (Å²) in [7, 11) is 0. The summed E-state index contributed by atoms with van der Waals surface area (Å²) >= 11 is 0. The number of hydrogen-bond acceptors (Lipinski definition) is 3. The average Bonchev–Trinajstić information content (AvgIpc) is 2.83. The zero-order valence-electron chi connectivity index (χ0n) is 11.7. The van der Waals surface area contributed by atoms with Crippen molar-refractivity contribution in [3.63, 3.8) is 0 Å². The molecule has 1 aromatic heterocycles. The number of rotatable bonds is 6. The Morgan fingerprint density at radius 1 is 1.11 bits per heavy atom. The van der Waals surface area contributed by atoms with Crippen molar-refractivity contribution in [1.29, 1.82) is 0 Å². The third kappa shape index (κ3) is 4.05. The number of anilines is 1. The zero-order valence-corrected chi connectivity index (χ0v) is 11.7. The molecule has 1 heterocycles. The van der Waals surface area contributed by atoms with Crippen molar-refractivity contribution in [1.82, 2.24) is 0 Å². The number of furan rings is 1. The molecule has 1 aromatic carbocycles. The van der Waals surface area contributed by atoms with Gasteiger partial charge in [0.15, 0.2) is 0 Å². The molecule has 0 aliphatic heterocycles. The first-order chi connectivity index (χ1) is 9.15. The van der Waals surface area contributed by atoms with Crippen molar-refractivity contribution >= 4 is 5.69 Å². The van der Waals surface area contributed by atoms with Crippen LogP contribution in [0.25, 0.3) is 0 Å². The maximum Gasteiger partial charge on any atom is 0.142 e. The lowest BCUT2D eigenvalue weighted by molar-refractivity contribution is 0.243. The number of nitrogens with one attached hydrogen (secondary N) is 1. The number of hydrogen-bond donors (Lipinski definition) is 1. The van der Waals surface area contributed by atoms with Crippen LogP contribution in [-0.4, -0.2) is 12.1 Å². The van der Waals surface area contributed by atoms with Crippen molar-refractivity contribution < 1.29 is 9.15 Å². The largest absolute Gasteiger partial charge is 0.489 e. The second kappa shape index (κ2) is 6.32. The molecular weight excluding hydrogens is 238 g/mol. The van der Waals surface area contributed by atoms with Crippen LogP contribution >= 0.6 is 0 Å². The normalized spacial score (nSPS) is 12.4. The molecule has 0 amide bonds. The lowest BCUT2D eigenvalue weighted by atomic mass is 10.2. The van der Waals surface area contributed by atoms with Crippen molar-refractivity contribution in [2.75, 3.05) is 5.32 Å². The van der Waals surface area contributed by atoms with E-state index < -0.39 is 0 Å². The molecule has 2 rings (SSSR count). The topological polar surface area (TPSA) is 34.4 Å². The van der Waals surface area contributed by atoms with Crippen LogP contribution < -0.4 is 10.1 Å². The number of benzene rings is 1. The van der Waals surface area contributed by atoms with Gasteiger partial charge in [-0.2, -0.15) is 0 Å². The molecule has 0 fully saturated rings. The SMILES string of the molecule is CC(Cc1ccco1)Nc1ccccc1OC(C)C. The minimum Gasteiger partial charge on any atom is -0.489 e. The Morgan fingerprint density at radius 3 is 2.58 bits per heavy atom. The van der Waals surface area contributed by atoms with Crippen LogP contribution in [0, 0.1) is 0 Å². The fraction of sp³-hybridized carbons (Fsp3) is 0.375. The Kier molecular flexibility index (Phi) is 4.50. The van der Waals surface area contributed by atoms with E-state index in [2.05, 4.69) is 12.2 Å². The first-order valence-corrected chi connectivity index (χ1v) is 6.69. The summed E-state index contributed by atoms with van der Waals surface area (Å²) in [5.41, 5.74) is 1.02. The molecule has 1 unspecified atom stereocenters. The molecule has 0 saturated carbocycles.